The summed E-state index contributed by atoms with van der Waals surface area (Å²) >= 11 is 0. The second-order valence-electron chi connectivity index (χ2n) is 4.47. The van der Waals surface area contributed by atoms with E-state index in [0.717, 1.165) is 25.7 Å². The van der Waals surface area contributed by atoms with Crippen LogP contribution >= 0.6 is 0 Å². The summed E-state index contributed by atoms with van der Waals surface area (Å²) in [6.07, 6.45) is 4.93. The Kier molecular flexibility index (Phi) is 4.32. The van der Waals surface area contributed by atoms with Crippen LogP contribution in [0.4, 0.5) is 4.79 Å². The minimum Gasteiger partial charge on any atom is -0.480 e. The lowest BCUT2D eigenvalue weighted by molar-refractivity contribution is -0.138. The average Bonchev–Trinajstić information content (AvgIpc) is 3.05. The third-order valence-corrected chi connectivity index (χ3v) is 3.14. The minimum absolute atomic E-state index is 0.00127. The van der Waals surface area contributed by atoms with Gasteiger partial charge in [0.2, 0.25) is 6.39 Å². The fraction of sp³-hybridized carbons (Fsp3) is 0.636. The highest BCUT2D eigenvalue weighted by molar-refractivity contribution is 5.80. The molecule has 1 aliphatic carbocycles. The Bertz CT molecular complexity index is 428. The van der Waals surface area contributed by atoms with Crippen LogP contribution < -0.4 is 5.32 Å². The maximum Gasteiger partial charge on any atom is 0.323 e. The van der Waals surface area contributed by atoms with Crippen molar-refractivity contribution in [3.8, 4) is 0 Å². The van der Waals surface area contributed by atoms with Gasteiger partial charge in [0, 0.05) is 6.04 Å². The van der Waals surface area contributed by atoms with Crippen LogP contribution in [0.2, 0.25) is 0 Å². The minimum atomic E-state index is -1.01. The van der Waals surface area contributed by atoms with Gasteiger partial charge in [0.15, 0.2) is 5.82 Å². The molecule has 0 saturated heterocycles. The van der Waals surface area contributed by atoms with Crippen LogP contribution in [0.25, 0.3) is 0 Å². The molecule has 0 aromatic carbocycles. The van der Waals surface area contributed by atoms with Crippen LogP contribution in [0.1, 0.15) is 31.5 Å². The SMILES string of the molecule is O=C(O)CN(C(=O)NCc1ncon1)C1CCCC1. The van der Waals surface area contributed by atoms with Gasteiger partial charge in [0.05, 0.1) is 6.54 Å². The highest BCUT2D eigenvalue weighted by Crippen LogP contribution is 2.23. The smallest absolute Gasteiger partial charge is 0.323 e. The molecular weight excluding hydrogens is 252 g/mol. The summed E-state index contributed by atoms with van der Waals surface area (Å²) in [5, 5.41) is 15.1. The number of aromatic nitrogens is 2. The van der Waals surface area contributed by atoms with E-state index in [1.807, 2.05) is 0 Å². The number of nitrogens with zero attached hydrogens (tertiary/aromatic N) is 3. The van der Waals surface area contributed by atoms with Crippen LogP contribution in [0.5, 0.6) is 0 Å². The van der Waals surface area contributed by atoms with Gasteiger partial charge >= 0.3 is 12.0 Å². The zero-order valence-electron chi connectivity index (χ0n) is 10.4. The van der Waals surface area contributed by atoms with Crippen molar-refractivity contribution in [2.75, 3.05) is 6.54 Å². The van der Waals surface area contributed by atoms with Gasteiger partial charge in [0.1, 0.15) is 6.54 Å². The van der Waals surface area contributed by atoms with Gasteiger partial charge in [-0.05, 0) is 12.8 Å². The number of aliphatic carboxylic acids is 1. The molecule has 0 bridgehead atoms. The predicted molar refractivity (Wildman–Crippen MR) is 63.1 cm³/mol. The van der Waals surface area contributed by atoms with E-state index in [1.54, 1.807) is 0 Å². The van der Waals surface area contributed by atoms with E-state index >= 15 is 0 Å². The molecule has 0 aliphatic heterocycles. The first kappa shape index (κ1) is 13.3. The molecule has 1 fully saturated rings. The van der Waals surface area contributed by atoms with Gasteiger partial charge < -0.3 is 19.8 Å². The van der Waals surface area contributed by atoms with Crippen molar-refractivity contribution in [2.24, 2.45) is 0 Å². The topological polar surface area (TPSA) is 109 Å². The summed E-state index contributed by atoms with van der Waals surface area (Å²) in [4.78, 5) is 28.0. The quantitative estimate of drug-likeness (QED) is 0.809. The van der Waals surface area contributed by atoms with Crippen LogP contribution in [0.15, 0.2) is 10.9 Å². The molecule has 2 amide bonds. The van der Waals surface area contributed by atoms with Crippen molar-refractivity contribution in [1.29, 1.82) is 0 Å². The van der Waals surface area contributed by atoms with E-state index < -0.39 is 12.0 Å². The molecule has 2 N–H and O–H groups in total. The largest absolute Gasteiger partial charge is 0.480 e. The monoisotopic (exact) mass is 268 g/mol. The van der Waals surface area contributed by atoms with Crippen molar-refractivity contribution in [1.82, 2.24) is 20.4 Å². The molecule has 0 radical (unpaired) electrons. The van der Waals surface area contributed by atoms with Crippen molar-refractivity contribution in [3.05, 3.63) is 12.2 Å². The number of hydrogen-bond donors (Lipinski definition) is 2. The second-order valence-corrected chi connectivity index (χ2v) is 4.47. The summed E-state index contributed by atoms with van der Waals surface area (Å²) in [6.45, 7) is -0.166. The van der Waals surface area contributed by atoms with E-state index in [9.17, 15) is 9.59 Å². The van der Waals surface area contributed by atoms with Gasteiger partial charge in [-0.25, -0.2) is 4.79 Å². The van der Waals surface area contributed by atoms with Crippen LogP contribution in [-0.4, -0.2) is 44.7 Å². The number of carbonyl (C=O) groups is 2. The lowest BCUT2D eigenvalue weighted by Gasteiger charge is -2.27. The predicted octanol–water partition coefficient (Wildman–Crippen LogP) is 0.608. The highest BCUT2D eigenvalue weighted by atomic mass is 16.5. The maximum atomic E-state index is 12.0. The third kappa shape index (κ3) is 3.67. The molecule has 0 spiro atoms. The lowest BCUT2D eigenvalue weighted by Crippen LogP contribution is -2.47. The van der Waals surface area contributed by atoms with Crippen molar-refractivity contribution < 1.29 is 19.2 Å². The number of rotatable bonds is 5. The zero-order valence-corrected chi connectivity index (χ0v) is 10.4. The molecule has 1 saturated carbocycles. The molecule has 8 nitrogen and oxygen atoms in total. The van der Waals surface area contributed by atoms with Gasteiger partial charge in [-0.1, -0.05) is 18.0 Å². The lowest BCUT2D eigenvalue weighted by atomic mass is 10.2. The molecule has 1 aromatic rings. The normalized spacial score (nSPS) is 15.4. The van der Waals surface area contributed by atoms with Crippen LogP contribution in [0.3, 0.4) is 0 Å². The van der Waals surface area contributed by atoms with E-state index in [4.69, 9.17) is 5.11 Å². The van der Waals surface area contributed by atoms with Gasteiger partial charge in [0.25, 0.3) is 0 Å². The highest BCUT2D eigenvalue weighted by Gasteiger charge is 2.28. The summed E-state index contributed by atoms with van der Waals surface area (Å²) in [6, 6.07) is -0.402. The standard InChI is InChI=1S/C11H16N4O4/c16-10(17)6-15(8-3-1-2-4-8)11(18)12-5-9-13-7-19-14-9/h7-8H,1-6H2,(H,12,18)(H,16,17). The first-order valence-corrected chi connectivity index (χ1v) is 6.18. The van der Waals surface area contributed by atoms with Gasteiger partial charge in [-0.3, -0.25) is 4.79 Å². The third-order valence-electron chi connectivity index (χ3n) is 3.14. The van der Waals surface area contributed by atoms with Crippen LogP contribution in [0, 0.1) is 0 Å². The Hall–Kier alpha value is -2.12. The molecule has 8 heteroatoms. The Labute approximate surface area is 109 Å². The van der Waals surface area contributed by atoms with Crippen molar-refractivity contribution in [2.45, 2.75) is 38.3 Å². The van der Waals surface area contributed by atoms with Crippen LogP contribution in [-0.2, 0) is 11.3 Å². The summed E-state index contributed by atoms with van der Waals surface area (Å²) < 4.78 is 4.55. The maximum absolute atomic E-state index is 12.0. The van der Waals surface area contributed by atoms with Crippen molar-refractivity contribution in [3.63, 3.8) is 0 Å². The molecular formula is C11H16N4O4. The van der Waals surface area contributed by atoms with E-state index in [-0.39, 0.29) is 19.1 Å². The average molecular weight is 268 g/mol. The fourth-order valence-electron chi connectivity index (χ4n) is 2.25. The molecule has 0 atom stereocenters. The van der Waals surface area contributed by atoms with Crippen molar-refractivity contribution >= 4 is 12.0 Å². The van der Waals surface area contributed by atoms with Gasteiger partial charge in [-0.15, -0.1) is 0 Å². The van der Waals surface area contributed by atoms with E-state index in [1.165, 1.54) is 11.3 Å². The molecule has 0 unspecified atom stereocenters. The molecule has 1 heterocycles. The molecule has 19 heavy (non-hydrogen) atoms. The molecule has 104 valence electrons. The Morgan fingerprint density at radius 1 is 1.47 bits per heavy atom. The summed E-state index contributed by atoms with van der Waals surface area (Å²) in [7, 11) is 0. The number of carboxylic acid groups (broad SMARTS) is 1. The first-order chi connectivity index (χ1) is 9.16. The Morgan fingerprint density at radius 2 is 2.21 bits per heavy atom. The number of hydrogen-bond acceptors (Lipinski definition) is 5. The van der Waals surface area contributed by atoms with Gasteiger partial charge in [-0.2, -0.15) is 4.98 Å². The first-order valence-electron chi connectivity index (χ1n) is 6.18. The number of nitrogens with one attached hydrogen (secondary N) is 1. The number of carboxylic acids is 1. The Morgan fingerprint density at radius 3 is 2.79 bits per heavy atom. The summed E-state index contributed by atoms with van der Waals surface area (Å²) in [5.74, 6) is -0.656. The number of carbonyl (C=O) groups excluding carboxylic acids is 1. The molecule has 1 aromatic heterocycles. The number of amides is 2. The van der Waals surface area contributed by atoms with E-state index in [2.05, 4.69) is 20.0 Å². The van der Waals surface area contributed by atoms with E-state index in [0.29, 0.717) is 5.82 Å². The summed E-state index contributed by atoms with van der Waals surface area (Å²) in [5.41, 5.74) is 0. The number of urea groups is 1. The second kappa shape index (κ2) is 6.17. The molecule has 2 rings (SSSR count). The molecule has 1 aliphatic rings. The zero-order chi connectivity index (χ0) is 13.7. The fourth-order valence-corrected chi connectivity index (χ4v) is 2.25. The Balaban J connectivity index is 1.92.